The van der Waals surface area contributed by atoms with E-state index in [1.165, 1.54) is 62.2 Å². The van der Waals surface area contributed by atoms with Gasteiger partial charge in [0.25, 0.3) is 0 Å². The van der Waals surface area contributed by atoms with E-state index in [2.05, 4.69) is 373 Å². The molecule has 8 aromatic heterocycles. The normalized spacial score (nSPS) is 11.5. The number of hydrogen-bond donors (Lipinski definition) is 0. The third-order valence-electron chi connectivity index (χ3n) is 23.4. The number of pyridine rings is 2. The molecule has 0 radical (unpaired) electrons. The molecule has 8 heterocycles. The molecule has 12 heteroatoms. The number of benzene rings is 16. The molecule has 0 bridgehead atoms. The second kappa shape index (κ2) is 31.2. The molecule has 24 rings (SSSR count). The Bertz CT molecular complexity index is 8180. The van der Waals surface area contributed by atoms with E-state index in [-0.39, 0.29) is 0 Å². The molecule has 0 saturated heterocycles. The van der Waals surface area contributed by atoms with Gasteiger partial charge in [-0.3, -0.25) is 0 Å². The van der Waals surface area contributed by atoms with E-state index in [1.807, 2.05) is 83.3 Å². The van der Waals surface area contributed by atoms with Crippen molar-refractivity contribution in [3.8, 4) is 158 Å². The first-order valence-electron chi connectivity index (χ1n) is 41.4. The molecule has 0 aliphatic carbocycles. The summed E-state index contributed by atoms with van der Waals surface area (Å²) in [6.07, 6.45) is 0. The third-order valence-corrected chi connectivity index (χ3v) is 25.8. The number of hydrogen-bond acceptors (Lipinski definition) is 10. The lowest BCUT2D eigenvalue weighted by molar-refractivity contribution is 0.979. The zero-order chi connectivity index (χ0) is 82.0. The molecule has 0 amide bonds. The van der Waals surface area contributed by atoms with Crippen molar-refractivity contribution in [1.29, 1.82) is 0 Å². The predicted octanol–water partition coefficient (Wildman–Crippen LogP) is 29.4. The first kappa shape index (κ1) is 73.1. The zero-order valence-electron chi connectivity index (χ0n) is 66.7. The molecule has 124 heavy (non-hydrogen) atoms. The van der Waals surface area contributed by atoms with Crippen molar-refractivity contribution >= 4 is 95.6 Å². The zero-order valence-corrected chi connectivity index (χ0v) is 68.3. The van der Waals surface area contributed by atoms with Gasteiger partial charge in [-0.25, -0.2) is 38.9 Å². The summed E-state index contributed by atoms with van der Waals surface area (Å²) in [4.78, 5) is 30.6. The summed E-state index contributed by atoms with van der Waals surface area (Å²) in [6.45, 7) is 0. The fourth-order valence-electron chi connectivity index (χ4n) is 17.4. The summed E-state index contributed by atoms with van der Waals surface area (Å²) in [5, 5.41) is 20.6. The molecule has 0 saturated carbocycles. The van der Waals surface area contributed by atoms with Crippen LogP contribution in [0.25, 0.3) is 231 Å². The van der Waals surface area contributed by atoms with E-state index in [4.69, 9.17) is 40.1 Å². The van der Waals surface area contributed by atoms with E-state index >= 15 is 0 Å². The Hall–Kier alpha value is -16.1. The molecule has 16 aromatic carbocycles. The van der Waals surface area contributed by atoms with Crippen molar-refractivity contribution in [2.75, 3.05) is 0 Å². The number of fused-ring (bicyclic) bond motifs is 12. The number of aromatic nitrogens is 10. The smallest absolute Gasteiger partial charge is 0.164 e. The Morgan fingerprint density at radius 3 is 0.855 bits per heavy atom. The highest BCUT2D eigenvalue weighted by Crippen LogP contribution is 2.47. The summed E-state index contributed by atoms with van der Waals surface area (Å²) in [5.41, 5.74) is 24.9. The van der Waals surface area contributed by atoms with Gasteiger partial charge < -0.3 is 0 Å². The van der Waals surface area contributed by atoms with E-state index < -0.39 is 0 Å². The third kappa shape index (κ3) is 13.3. The van der Waals surface area contributed by atoms with Gasteiger partial charge in [-0.1, -0.05) is 394 Å². The maximum atomic E-state index is 5.44. The van der Waals surface area contributed by atoms with Crippen LogP contribution < -0.4 is 0 Å². The highest BCUT2D eigenvalue weighted by molar-refractivity contribution is 7.26. The average molecular weight is 1620 g/mol. The first-order valence-corrected chi connectivity index (χ1v) is 43.1. The van der Waals surface area contributed by atoms with Crippen molar-refractivity contribution in [3.05, 3.63) is 425 Å². The molecule has 0 aliphatic heterocycles. The van der Waals surface area contributed by atoms with Gasteiger partial charge in [-0.05, 0) is 74.5 Å². The van der Waals surface area contributed by atoms with Crippen LogP contribution in [0.5, 0.6) is 0 Å². The summed E-state index contributed by atoms with van der Waals surface area (Å²) < 4.78 is 9.41. The van der Waals surface area contributed by atoms with Crippen molar-refractivity contribution < 1.29 is 0 Å². The van der Waals surface area contributed by atoms with Gasteiger partial charge in [0.2, 0.25) is 0 Å². The summed E-state index contributed by atoms with van der Waals surface area (Å²) in [6, 6.07) is 149. The molecule has 0 aliphatic rings. The predicted molar refractivity (Wildman–Crippen MR) is 514 cm³/mol. The highest BCUT2D eigenvalue weighted by Gasteiger charge is 2.26. The molecule has 24 aromatic rings. The van der Waals surface area contributed by atoms with E-state index in [9.17, 15) is 0 Å². The Labute approximate surface area is 722 Å². The lowest BCUT2D eigenvalue weighted by Crippen LogP contribution is -2.00. The molecule has 0 unspecified atom stereocenters. The minimum absolute atomic E-state index is 0.605. The quantitative estimate of drug-likeness (QED) is 0.106. The molecule has 0 fully saturated rings. The van der Waals surface area contributed by atoms with Crippen LogP contribution in [0.15, 0.2) is 425 Å². The second-order valence-electron chi connectivity index (χ2n) is 30.9. The Morgan fingerprint density at radius 2 is 0.460 bits per heavy atom. The van der Waals surface area contributed by atoms with Gasteiger partial charge >= 0.3 is 0 Å². The van der Waals surface area contributed by atoms with Gasteiger partial charge in [0.1, 0.15) is 11.4 Å². The molecule has 0 atom stereocenters. The van der Waals surface area contributed by atoms with Crippen LogP contribution in [0.4, 0.5) is 0 Å². The van der Waals surface area contributed by atoms with Crippen molar-refractivity contribution in [1.82, 2.24) is 49.1 Å². The standard InChI is InChI=1S/2C56H35N5S/c1-4-16-36(17-5-1)48-35-42-22-10-11-25-44(42)52-50(37-18-6-2-7-19-37)51(60-61(48)52)38-30-32-40(33-31-38)55-57-54(39-20-8-3-9-21-39)58-56(59-55)43-24-14-23-41(34-43)45-27-15-28-47-46-26-12-13-29-49(46)62-53(45)47;1-4-15-37(16-5-1)48-35-43-21-10-11-22-44(43)52-50(38-17-6-2-7-18-38)51(60-61(48)52)39-29-33-42(34-30-39)56-58-54(40-19-8-3-9-20-40)57-55(59-56)41-31-27-36(28-32-41)45-24-14-25-47-46-23-12-13-26-49(46)62-53(45)47/h2*1-35H. The van der Waals surface area contributed by atoms with Crippen LogP contribution in [0.2, 0.25) is 0 Å². The van der Waals surface area contributed by atoms with Crippen LogP contribution in [0.3, 0.4) is 0 Å². The molecule has 0 spiro atoms. The minimum atomic E-state index is 0.605. The maximum Gasteiger partial charge on any atom is 0.164 e. The minimum Gasteiger partial charge on any atom is -0.231 e. The molecule has 580 valence electrons. The average Bonchev–Trinajstić information content (AvgIpc) is 1.56. The fourth-order valence-corrected chi connectivity index (χ4v) is 19.9. The largest absolute Gasteiger partial charge is 0.231 e. The van der Waals surface area contributed by atoms with Crippen LogP contribution in [0.1, 0.15) is 0 Å². The van der Waals surface area contributed by atoms with Crippen LogP contribution >= 0.6 is 22.7 Å². The van der Waals surface area contributed by atoms with E-state index in [0.717, 1.165) is 134 Å². The van der Waals surface area contributed by atoms with Gasteiger partial charge in [0.05, 0.1) is 22.4 Å². The van der Waals surface area contributed by atoms with Gasteiger partial charge in [-0.2, -0.15) is 10.2 Å². The SMILES string of the molecule is c1ccc(-c2nc(-c3ccc(-c4nn5c(-c6ccccc6)cc6ccccc6c5c4-c4ccccc4)cc3)nc(-c3ccc(-c4cccc5c4sc4ccccc45)cc3)n2)cc1.c1ccc(-c2nc(-c3ccc(-c4nn5c(-c6ccccc6)cc6ccccc6c5c4-c4ccccc4)cc3)nc(-c3cccc(-c4cccc5c4sc4ccccc45)c3)n2)cc1. The summed E-state index contributed by atoms with van der Waals surface area (Å²) in [5.74, 6) is 3.70. The van der Waals surface area contributed by atoms with Crippen LogP contribution in [-0.2, 0) is 0 Å². The molecular weight excluding hydrogens is 1550 g/mol. The Balaban J connectivity index is 0.000000143. The number of nitrogens with zero attached hydrogens (tertiary/aromatic N) is 10. The van der Waals surface area contributed by atoms with Crippen LogP contribution in [0, 0.1) is 0 Å². The van der Waals surface area contributed by atoms with Crippen molar-refractivity contribution in [2.45, 2.75) is 0 Å². The Kier molecular flexibility index (Phi) is 18.4. The summed E-state index contributed by atoms with van der Waals surface area (Å²) in [7, 11) is 0. The van der Waals surface area contributed by atoms with E-state index in [0.29, 0.717) is 34.9 Å². The fraction of sp³-hybridized carbons (Fsp3) is 0. The number of rotatable bonds is 14. The van der Waals surface area contributed by atoms with Gasteiger partial charge in [-0.15, -0.1) is 22.7 Å². The second-order valence-corrected chi connectivity index (χ2v) is 33.0. The first-order chi connectivity index (χ1) is 61.5. The van der Waals surface area contributed by atoms with Crippen LogP contribution in [-0.4, -0.2) is 49.1 Å². The number of thiophene rings is 2. The topological polar surface area (TPSA) is 112 Å². The monoisotopic (exact) mass is 1620 g/mol. The maximum absolute atomic E-state index is 5.44. The molecular formula is C112H70N10S2. The Morgan fingerprint density at radius 1 is 0.185 bits per heavy atom. The summed E-state index contributed by atoms with van der Waals surface area (Å²) >= 11 is 3.68. The van der Waals surface area contributed by atoms with Gasteiger partial charge in [0, 0.05) is 118 Å². The van der Waals surface area contributed by atoms with Gasteiger partial charge in [0.15, 0.2) is 34.9 Å². The molecule has 10 nitrogen and oxygen atoms in total. The lowest BCUT2D eigenvalue weighted by atomic mass is 9.96. The lowest BCUT2D eigenvalue weighted by Gasteiger charge is -2.11. The van der Waals surface area contributed by atoms with E-state index in [1.54, 1.807) is 0 Å². The van der Waals surface area contributed by atoms with Crippen molar-refractivity contribution in [2.24, 2.45) is 0 Å². The van der Waals surface area contributed by atoms with Crippen molar-refractivity contribution in [3.63, 3.8) is 0 Å². The highest BCUT2D eigenvalue weighted by atomic mass is 32.1. The molecule has 0 N–H and O–H groups in total.